The number of carbonyl (C=O) groups is 1. The molecule has 0 bridgehead atoms. The Morgan fingerprint density at radius 1 is 1.03 bits per heavy atom. The number of carbonyl (C=O) groups excluding carboxylic acids is 1. The predicted octanol–water partition coefficient (Wildman–Crippen LogP) is 3.70. The van der Waals surface area contributed by atoms with Crippen molar-refractivity contribution in [2.45, 2.75) is 0 Å². The fourth-order valence-electron chi connectivity index (χ4n) is 2.78. The van der Waals surface area contributed by atoms with Crippen LogP contribution in [0.2, 0.25) is 0 Å². The largest absolute Gasteiger partial charge is 0.497 e. The van der Waals surface area contributed by atoms with Crippen LogP contribution in [0.25, 0.3) is 16.7 Å². The molecule has 2 N–H and O–H groups in total. The molecule has 150 valence electrons. The van der Waals surface area contributed by atoms with Crippen molar-refractivity contribution in [1.82, 2.24) is 20.3 Å². The van der Waals surface area contributed by atoms with Crippen molar-refractivity contribution in [3.05, 3.63) is 78.1 Å². The second-order valence-corrected chi connectivity index (χ2v) is 6.72. The average molecular weight is 421 g/mol. The van der Waals surface area contributed by atoms with E-state index in [1.807, 2.05) is 0 Å². The Morgan fingerprint density at radius 3 is 2.57 bits per heavy atom. The number of ether oxygens (including phenoxy) is 1. The molecule has 3 aromatic carbocycles. The summed E-state index contributed by atoms with van der Waals surface area (Å²) < 4.78 is 18.2. The zero-order chi connectivity index (χ0) is 21.1. The van der Waals surface area contributed by atoms with Gasteiger partial charge in [0.2, 0.25) is 0 Å². The molecule has 0 aliphatic carbocycles. The monoisotopic (exact) mass is 421 g/mol. The normalized spacial score (nSPS) is 10.6. The van der Waals surface area contributed by atoms with Gasteiger partial charge in [-0.2, -0.15) is 4.80 Å². The molecule has 0 aliphatic rings. The first-order chi connectivity index (χ1) is 14.5. The third-order valence-corrected chi connectivity index (χ3v) is 4.46. The SMILES string of the molecule is COc1cccc(C(=O)NC(=S)Nc2ccc3nn(-c4ccc(F)cc4)nc3c2)c1. The van der Waals surface area contributed by atoms with Gasteiger partial charge in [0, 0.05) is 11.3 Å². The molecule has 30 heavy (non-hydrogen) atoms. The van der Waals surface area contributed by atoms with Crippen LogP contribution in [0.1, 0.15) is 10.4 Å². The lowest BCUT2D eigenvalue weighted by molar-refractivity contribution is 0.0977. The van der Waals surface area contributed by atoms with E-state index in [9.17, 15) is 9.18 Å². The molecule has 0 saturated heterocycles. The van der Waals surface area contributed by atoms with Crippen molar-refractivity contribution in [2.75, 3.05) is 12.4 Å². The van der Waals surface area contributed by atoms with E-state index in [1.54, 1.807) is 54.6 Å². The number of methoxy groups -OCH3 is 1. The molecule has 0 fully saturated rings. The number of benzene rings is 3. The minimum absolute atomic E-state index is 0.146. The van der Waals surface area contributed by atoms with Gasteiger partial charge in [-0.3, -0.25) is 10.1 Å². The van der Waals surface area contributed by atoms with Gasteiger partial charge in [-0.25, -0.2) is 4.39 Å². The highest BCUT2D eigenvalue weighted by atomic mass is 32.1. The summed E-state index contributed by atoms with van der Waals surface area (Å²) in [4.78, 5) is 13.8. The van der Waals surface area contributed by atoms with Gasteiger partial charge >= 0.3 is 0 Å². The van der Waals surface area contributed by atoms with Crippen molar-refractivity contribution < 1.29 is 13.9 Å². The number of aromatic nitrogens is 3. The lowest BCUT2D eigenvalue weighted by atomic mass is 10.2. The van der Waals surface area contributed by atoms with Gasteiger partial charge in [0.15, 0.2) is 5.11 Å². The first kappa shape index (κ1) is 19.5. The molecule has 7 nitrogen and oxygen atoms in total. The van der Waals surface area contributed by atoms with Gasteiger partial charge in [-0.1, -0.05) is 6.07 Å². The van der Waals surface area contributed by atoms with E-state index in [0.717, 1.165) is 0 Å². The molecular formula is C21H16FN5O2S. The summed E-state index contributed by atoms with van der Waals surface area (Å²) in [7, 11) is 1.53. The predicted molar refractivity (Wildman–Crippen MR) is 116 cm³/mol. The van der Waals surface area contributed by atoms with Crippen molar-refractivity contribution in [3.63, 3.8) is 0 Å². The molecular weight excluding hydrogens is 405 g/mol. The summed E-state index contributed by atoms with van der Waals surface area (Å²) >= 11 is 5.24. The summed E-state index contributed by atoms with van der Waals surface area (Å²) in [5.74, 6) is -0.0996. The third-order valence-electron chi connectivity index (χ3n) is 4.25. The van der Waals surface area contributed by atoms with Crippen LogP contribution in [0.4, 0.5) is 10.1 Å². The second kappa shape index (κ2) is 8.26. The summed E-state index contributed by atoms with van der Waals surface area (Å²) in [5.41, 5.74) is 2.99. The molecule has 0 atom stereocenters. The molecule has 4 rings (SSSR count). The molecule has 0 aliphatic heterocycles. The molecule has 1 aromatic heterocycles. The zero-order valence-corrected chi connectivity index (χ0v) is 16.6. The van der Waals surface area contributed by atoms with E-state index >= 15 is 0 Å². The number of amides is 1. The Labute approximate surface area is 176 Å². The van der Waals surface area contributed by atoms with E-state index in [-0.39, 0.29) is 16.8 Å². The summed E-state index contributed by atoms with van der Waals surface area (Å²) in [5, 5.41) is 14.5. The van der Waals surface area contributed by atoms with Crippen LogP contribution in [-0.2, 0) is 0 Å². The van der Waals surface area contributed by atoms with Gasteiger partial charge in [-0.15, -0.1) is 10.2 Å². The maximum atomic E-state index is 13.1. The minimum atomic E-state index is -0.352. The van der Waals surface area contributed by atoms with E-state index in [4.69, 9.17) is 17.0 Å². The number of thiocarbonyl (C=S) groups is 1. The lowest BCUT2D eigenvalue weighted by Crippen LogP contribution is -2.34. The Bertz CT molecular complexity index is 1240. The lowest BCUT2D eigenvalue weighted by Gasteiger charge is -2.10. The molecule has 1 amide bonds. The van der Waals surface area contributed by atoms with Crippen LogP contribution in [0.5, 0.6) is 5.75 Å². The smallest absolute Gasteiger partial charge is 0.257 e. The van der Waals surface area contributed by atoms with E-state index in [1.165, 1.54) is 24.0 Å². The van der Waals surface area contributed by atoms with Gasteiger partial charge in [0.1, 0.15) is 22.6 Å². The summed E-state index contributed by atoms with van der Waals surface area (Å²) in [6.45, 7) is 0. The first-order valence-corrected chi connectivity index (χ1v) is 9.32. The quantitative estimate of drug-likeness (QED) is 0.489. The molecule has 1 heterocycles. The van der Waals surface area contributed by atoms with Crippen LogP contribution in [0.3, 0.4) is 0 Å². The number of nitrogens with one attached hydrogen (secondary N) is 2. The van der Waals surface area contributed by atoms with Crippen molar-refractivity contribution in [2.24, 2.45) is 0 Å². The van der Waals surface area contributed by atoms with Gasteiger partial charge in [0.05, 0.1) is 12.8 Å². The standard InChI is InChI=1S/C21H16FN5O2S/c1-29-17-4-2-3-13(11-17)20(28)24-21(30)23-15-7-10-18-19(12-15)26-27(25-18)16-8-5-14(22)6-9-16/h2-12H,1H3,(H2,23,24,28,30). The number of nitrogens with zero attached hydrogens (tertiary/aromatic N) is 3. The Morgan fingerprint density at radius 2 is 1.80 bits per heavy atom. The second-order valence-electron chi connectivity index (χ2n) is 6.31. The highest BCUT2D eigenvalue weighted by Gasteiger charge is 2.10. The topological polar surface area (TPSA) is 81.1 Å². The average Bonchev–Trinajstić information content (AvgIpc) is 3.17. The highest BCUT2D eigenvalue weighted by molar-refractivity contribution is 7.80. The van der Waals surface area contributed by atoms with Crippen LogP contribution in [0.15, 0.2) is 66.7 Å². The maximum absolute atomic E-state index is 13.1. The van der Waals surface area contributed by atoms with Crippen LogP contribution >= 0.6 is 12.2 Å². The zero-order valence-electron chi connectivity index (χ0n) is 15.8. The van der Waals surface area contributed by atoms with Crippen LogP contribution < -0.4 is 15.4 Å². The van der Waals surface area contributed by atoms with E-state index < -0.39 is 0 Å². The molecule has 0 spiro atoms. The summed E-state index contributed by atoms with van der Waals surface area (Å²) in [6, 6.07) is 18.0. The first-order valence-electron chi connectivity index (χ1n) is 8.91. The Hall–Kier alpha value is -3.85. The maximum Gasteiger partial charge on any atom is 0.257 e. The van der Waals surface area contributed by atoms with Crippen molar-refractivity contribution in [3.8, 4) is 11.4 Å². The van der Waals surface area contributed by atoms with Gasteiger partial charge in [0.25, 0.3) is 5.91 Å². The van der Waals surface area contributed by atoms with E-state index in [2.05, 4.69) is 20.8 Å². The van der Waals surface area contributed by atoms with Gasteiger partial charge in [-0.05, 0) is 72.9 Å². The third kappa shape index (κ3) is 4.26. The number of fused-ring (bicyclic) bond motifs is 1. The number of rotatable bonds is 4. The number of anilines is 1. The number of hydrogen-bond acceptors (Lipinski definition) is 5. The molecule has 9 heteroatoms. The summed E-state index contributed by atoms with van der Waals surface area (Å²) in [6.07, 6.45) is 0. The van der Waals surface area contributed by atoms with E-state index in [0.29, 0.717) is 33.7 Å². The minimum Gasteiger partial charge on any atom is -0.497 e. The number of hydrogen-bond donors (Lipinski definition) is 2. The molecule has 0 saturated carbocycles. The van der Waals surface area contributed by atoms with Gasteiger partial charge < -0.3 is 10.1 Å². The molecule has 0 radical (unpaired) electrons. The van der Waals surface area contributed by atoms with Crippen LogP contribution in [-0.4, -0.2) is 33.1 Å². The van der Waals surface area contributed by atoms with Crippen molar-refractivity contribution in [1.29, 1.82) is 0 Å². The van der Waals surface area contributed by atoms with Crippen molar-refractivity contribution >= 4 is 40.0 Å². The fourth-order valence-corrected chi connectivity index (χ4v) is 2.99. The van der Waals surface area contributed by atoms with Crippen LogP contribution in [0, 0.1) is 5.82 Å². The molecule has 0 unspecified atom stereocenters. The number of halogens is 1. The Balaban J connectivity index is 1.47. The highest BCUT2D eigenvalue weighted by Crippen LogP contribution is 2.18. The Kier molecular flexibility index (Phi) is 5.36. The molecule has 4 aromatic rings. The fraction of sp³-hybridized carbons (Fsp3) is 0.0476.